The van der Waals surface area contributed by atoms with E-state index in [2.05, 4.69) is 26.8 Å². The average molecular weight is 205 g/mol. The number of rotatable bonds is 1. The van der Waals surface area contributed by atoms with Crippen LogP contribution in [0, 0.1) is 11.8 Å². The smallest absolute Gasteiger partial charge is 0.0108 e. The van der Waals surface area contributed by atoms with Crippen LogP contribution in [0.25, 0.3) is 0 Å². The van der Waals surface area contributed by atoms with Crippen molar-refractivity contribution in [3.63, 3.8) is 0 Å². The van der Waals surface area contributed by atoms with Gasteiger partial charge in [0.05, 0.1) is 0 Å². The lowest BCUT2D eigenvalue weighted by molar-refractivity contribution is 0.348. The van der Waals surface area contributed by atoms with Crippen molar-refractivity contribution in [2.45, 2.75) is 52.5 Å². The summed E-state index contributed by atoms with van der Waals surface area (Å²) in [5.41, 5.74) is 10.9. The number of nitrogens with two attached hydrogens (primary N) is 1. The lowest BCUT2D eigenvalue weighted by atomic mass is 9.77. The van der Waals surface area contributed by atoms with E-state index in [1.165, 1.54) is 31.3 Å². The fourth-order valence-corrected chi connectivity index (χ4v) is 3.25. The van der Waals surface area contributed by atoms with Crippen LogP contribution in [0.5, 0.6) is 0 Å². The molecule has 2 rings (SSSR count). The van der Waals surface area contributed by atoms with Crippen LogP contribution < -0.4 is 5.73 Å². The van der Waals surface area contributed by atoms with E-state index in [0.29, 0.717) is 17.9 Å². The first kappa shape index (κ1) is 10.9. The molecule has 0 radical (unpaired) electrons. The zero-order valence-electron chi connectivity index (χ0n) is 10.2. The number of hydrogen-bond donors (Lipinski definition) is 1. The molecule has 2 N–H and O–H groups in total. The van der Waals surface area contributed by atoms with Gasteiger partial charge in [-0.05, 0) is 44.1 Å². The Morgan fingerprint density at radius 3 is 2.40 bits per heavy atom. The molecule has 0 aliphatic heterocycles. The van der Waals surface area contributed by atoms with Crippen LogP contribution in [-0.2, 0) is 0 Å². The van der Waals surface area contributed by atoms with Crippen molar-refractivity contribution in [1.29, 1.82) is 0 Å². The summed E-state index contributed by atoms with van der Waals surface area (Å²) in [6, 6.07) is 0.400. The van der Waals surface area contributed by atoms with Gasteiger partial charge in [-0.15, -0.1) is 0 Å². The van der Waals surface area contributed by atoms with Crippen molar-refractivity contribution in [1.82, 2.24) is 0 Å². The molecule has 0 aromatic rings. The van der Waals surface area contributed by atoms with E-state index in [1.807, 2.05) is 0 Å². The van der Waals surface area contributed by atoms with Crippen LogP contribution in [0.1, 0.15) is 46.5 Å². The summed E-state index contributed by atoms with van der Waals surface area (Å²) < 4.78 is 0. The highest BCUT2D eigenvalue weighted by molar-refractivity contribution is 5.44. The average Bonchev–Trinajstić information content (AvgIpc) is 2.43. The fraction of sp³-hybridized carbons (Fsp3) is 0.714. The van der Waals surface area contributed by atoms with Gasteiger partial charge < -0.3 is 5.73 Å². The van der Waals surface area contributed by atoms with E-state index < -0.39 is 0 Å². The van der Waals surface area contributed by atoms with E-state index in [1.54, 1.807) is 11.1 Å². The molecule has 1 heteroatoms. The van der Waals surface area contributed by atoms with E-state index in [9.17, 15) is 0 Å². The largest absolute Gasteiger partial charge is 0.327 e. The summed E-state index contributed by atoms with van der Waals surface area (Å²) in [4.78, 5) is 0. The zero-order chi connectivity index (χ0) is 11.0. The SMILES string of the molecule is CC1=CC(C)C(C)=C1C1CCCCC1N. The molecule has 2 aliphatic carbocycles. The van der Waals surface area contributed by atoms with Crippen molar-refractivity contribution < 1.29 is 0 Å². The van der Waals surface area contributed by atoms with Crippen molar-refractivity contribution >= 4 is 0 Å². The molecule has 2 aliphatic rings. The molecule has 3 atom stereocenters. The minimum atomic E-state index is 0.400. The Bertz CT molecular complexity index is 311. The quantitative estimate of drug-likeness (QED) is 0.697. The third kappa shape index (κ3) is 1.90. The van der Waals surface area contributed by atoms with Gasteiger partial charge >= 0.3 is 0 Å². The van der Waals surface area contributed by atoms with Gasteiger partial charge in [-0.2, -0.15) is 0 Å². The van der Waals surface area contributed by atoms with Crippen LogP contribution in [0.15, 0.2) is 22.8 Å². The monoisotopic (exact) mass is 205 g/mol. The van der Waals surface area contributed by atoms with Gasteiger partial charge in [0.25, 0.3) is 0 Å². The lowest BCUT2D eigenvalue weighted by Crippen LogP contribution is -2.34. The van der Waals surface area contributed by atoms with Gasteiger partial charge in [0.2, 0.25) is 0 Å². The van der Waals surface area contributed by atoms with Gasteiger partial charge in [0.1, 0.15) is 0 Å². The highest BCUT2D eigenvalue weighted by Gasteiger charge is 2.30. The number of allylic oxidation sites excluding steroid dienone is 3. The van der Waals surface area contributed by atoms with Crippen molar-refractivity contribution in [2.24, 2.45) is 17.6 Å². The van der Waals surface area contributed by atoms with Gasteiger partial charge in [-0.1, -0.05) is 37.0 Å². The van der Waals surface area contributed by atoms with Crippen LogP contribution in [0.4, 0.5) is 0 Å². The molecule has 0 amide bonds. The van der Waals surface area contributed by atoms with Crippen LogP contribution in [0.3, 0.4) is 0 Å². The maximum atomic E-state index is 6.27. The van der Waals surface area contributed by atoms with E-state index in [0.717, 1.165) is 0 Å². The number of hydrogen-bond acceptors (Lipinski definition) is 1. The molecule has 0 spiro atoms. The van der Waals surface area contributed by atoms with Crippen LogP contribution in [0.2, 0.25) is 0 Å². The van der Waals surface area contributed by atoms with Gasteiger partial charge in [0, 0.05) is 6.04 Å². The molecule has 1 nitrogen and oxygen atoms in total. The minimum Gasteiger partial charge on any atom is -0.327 e. The van der Waals surface area contributed by atoms with Crippen LogP contribution in [-0.4, -0.2) is 6.04 Å². The minimum absolute atomic E-state index is 0.400. The molecule has 1 saturated carbocycles. The van der Waals surface area contributed by atoms with Gasteiger partial charge in [0.15, 0.2) is 0 Å². The summed E-state index contributed by atoms with van der Waals surface area (Å²) in [7, 11) is 0. The van der Waals surface area contributed by atoms with Crippen molar-refractivity contribution in [3.05, 3.63) is 22.8 Å². The zero-order valence-corrected chi connectivity index (χ0v) is 10.2. The second-order valence-corrected chi connectivity index (χ2v) is 5.29. The molecule has 0 heterocycles. The predicted molar refractivity (Wildman–Crippen MR) is 65.6 cm³/mol. The lowest BCUT2D eigenvalue weighted by Gasteiger charge is -2.31. The Morgan fingerprint density at radius 1 is 1.20 bits per heavy atom. The Morgan fingerprint density at radius 2 is 1.87 bits per heavy atom. The Labute approximate surface area is 93.4 Å². The second-order valence-electron chi connectivity index (χ2n) is 5.29. The molecule has 0 aromatic carbocycles. The molecular formula is C14H23N. The summed E-state index contributed by atoms with van der Waals surface area (Å²) >= 11 is 0. The highest BCUT2D eigenvalue weighted by atomic mass is 14.7. The third-order valence-corrected chi connectivity index (χ3v) is 4.22. The topological polar surface area (TPSA) is 26.0 Å². The summed E-state index contributed by atoms with van der Waals surface area (Å²) in [6.45, 7) is 6.83. The maximum absolute atomic E-state index is 6.27. The van der Waals surface area contributed by atoms with Gasteiger partial charge in [-0.3, -0.25) is 0 Å². The predicted octanol–water partition coefficient (Wildman–Crippen LogP) is 3.42. The molecule has 0 aromatic heterocycles. The Balaban J connectivity index is 2.26. The van der Waals surface area contributed by atoms with E-state index in [4.69, 9.17) is 5.73 Å². The van der Waals surface area contributed by atoms with Crippen molar-refractivity contribution in [2.75, 3.05) is 0 Å². The summed E-state index contributed by atoms with van der Waals surface area (Å²) in [5, 5.41) is 0. The molecular weight excluding hydrogens is 182 g/mol. The summed E-state index contributed by atoms with van der Waals surface area (Å²) in [5.74, 6) is 1.27. The molecule has 0 bridgehead atoms. The molecule has 3 unspecified atom stereocenters. The summed E-state index contributed by atoms with van der Waals surface area (Å²) in [6.07, 6.45) is 7.58. The second kappa shape index (κ2) is 4.13. The molecule has 15 heavy (non-hydrogen) atoms. The normalized spacial score (nSPS) is 37.1. The molecule has 1 fully saturated rings. The Kier molecular flexibility index (Phi) is 3.01. The van der Waals surface area contributed by atoms with Crippen molar-refractivity contribution in [3.8, 4) is 0 Å². The molecule has 84 valence electrons. The van der Waals surface area contributed by atoms with E-state index >= 15 is 0 Å². The first-order valence-corrected chi connectivity index (χ1v) is 6.26. The van der Waals surface area contributed by atoms with E-state index in [-0.39, 0.29) is 0 Å². The first-order chi connectivity index (χ1) is 7.11. The molecule has 0 saturated heterocycles. The third-order valence-electron chi connectivity index (χ3n) is 4.22. The maximum Gasteiger partial charge on any atom is 0.0108 e. The Hall–Kier alpha value is -0.560. The fourth-order valence-electron chi connectivity index (χ4n) is 3.25. The first-order valence-electron chi connectivity index (χ1n) is 6.26. The highest BCUT2D eigenvalue weighted by Crippen LogP contribution is 2.40. The van der Waals surface area contributed by atoms with Gasteiger partial charge in [-0.25, -0.2) is 0 Å². The van der Waals surface area contributed by atoms with Crippen LogP contribution >= 0.6 is 0 Å². The standard InChI is InChI=1S/C14H23N/c1-9-8-10(2)14(11(9)3)12-6-4-5-7-13(12)15/h8-9,12-13H,4-7,15H2,1-3H3.